The van der Waals surface area contributed by atoms with Gasteiger partial charge in [0.15, 0.2) is 0 Å². The molecule has 0 aliphatic carbocycles. The van der Waals surface area contributed by atoms with Crippen LogP contribution in [0.2, 0.25) is 0 Å². The predicted octanol–water partition coefficient (Wildman–Crippen LogP) is 1.15. The summed E-state index contributed by atoms with van der Waals surface area (Å²) in [7, 11) is -0.0187. The van der Waals surface area contributed by atoms with Gasteiger partial charge in [-0.3, -0.25) is 10.1 Å². The molecule has 140 valence electrons. The third-order valence-electron chi connectivity index (χ3n) is 3.36. The van der Waals surface area contributed by atoms with Crippen molar-refractivity contribution >= 4 is 27.5 Å². The fourth-order valence-electron chi connectivity index (χ4n) is 2.05. The van der Waals surface area contributed by atoms with E-state index in [1.54, 1.807) is 0 Å². The van der Waals surface area contributed by atoms with Crippen LogP contribution in [0.25, 0.3) is 0 Å². The summed E-state index contributed by atoms with van der Waals surface area (Å²) in [4.78, 5) is 20.4. The molecule has 11 heteroatoms. The maximum absolute atomic E-state index is 12.2. The molecule has 10 nitrogen and oxygen atoms in total. The lowest BCUT2D eigenvalue weighted by Crippen LogP contribution is -2.29. The molecule has 1 aromatic heterocycles. The second-order valence-corrected chi connectivity index (χ2v) is 7.43. The molecule has 0 saturated carbocycles. The minimum absolute atomic E-state index is 0.0372. The fourth-order valence-corrected chi connectivity index (χ4v) is 3.08. The highest BCUT2D eigenvalue weighted by atomic mass is 32.2. The van der Waals surface area contributed by atoms with Gasteiger partial charge in [-0.1, -0.05) is 0 Å². The van der Waals surface area contributed by atoms with E-state index in [9.17, 15) is 18.5 Å². The molecule has 0 unspecified atom stereocenters. The smallest absolute Gasteiger partial charge is 0.269 e. The Labute approximate surface area is 151 Å². The van der Waals surface area contributed by atoms with Crippen LogP contribution in [0, 0.1) is 17.0 Å². The summed E-state index contributed by atoms with van der Waals surface area (Å²) in [6, 6.07) is 6.52. The SMILES string of the molecule is Cc1cc(N(C)C)nc(NCCNS(=O)(=O)c2ccc([N+](=O)[O-])cc2)n1. The number of rotatable bonds is 8. The molecule has 0 aliphatic heterocycles. The lowest BCUT2D eigenvalue weighted by atomic mass is 10.3. The summed E-state index contributed by atoms with van der Waals surface area (Å²) in [5, 5.41) is 13.6. The van der Waals surface area contributed by atoms with Crippen molar-refractivity contribution in [1.29, 1.82) is 0 Å². The number of hydrogen-bond donors (Lipinski definition) is 2. The second kappa shape index (κ2) is 8.06. The van der Waals surface area contributed by atoms with E-state index in [-0.39, 0.29) is 23.7 Å². The van der Waals surface area contributed by atoms with E-state index < -0.39 is 14.9 Å². The van der Waals surface area contributed by atoms with Crippen LogP contribution in [0.15, 0.2) is 35.2 Å². The first-order chi connectivity index (χ1) is 12.2. The van der Waals surface area contributed by atoms with Crippen LogP contribution >= 0.6 is 0 Å². The van der Waals surface area contributed by atoms with Crippen LogP contribution in [0.5, 0.6) is 0 Å². The summed E-state index contributed by atoms with van der Waals surface area (Å²) in [5.74, 6) is 1.15. The maximum Gasteiger partial charge on any atom is 0.269 e. The highest BCUT2D eigenvalue weighted by Crippen LogP contribution is 2.15. The maximum atomic E-state index is 12.2. The minimum Gasteiger partial charge on any atom is -0.363 e. The molecule has 1 aromatic carbocycles. The van der Waals surface area contributed by atoms with Crippen molar-refractivity contribution in [3.8, 4) is 0 Å². The molecule has 2 N–H and O–H groups in total. The van der Waals surface area contributed by atoms with Crippen molar-refractivity contribution in [1.82, 2.24) is 14.7 Å². The molecule has 0 bridgehead atoms. The number of non-ortho nitro benzene ring substituents is 1. The van der Waals surface area contributed by atoms with Crippen molar-refractivity contribution in [2.24, 2.45) is 0 Å². The zero-order valence-corrected chi connectivity index (χ0v) is 15.4. The van der Waals surface area contributed by atoms with Crippen LogP contribution in [-0.2, 0) is 10.0 Å². The Morgan fingerprint density at radius 1 is 1.15 bits per heavy atom. The molecule has 2 aromatic rings. The van der Waals surface area contributed by atoms with Gasteiger partial charge in [0.1, 0.15) is 5.82 Å². The number of aromatic nitrogens is 2. The molecule has 0 aliphatic rings. The van der Waals surface area contributed by atoms with Gasteiger partial charge in [-0.05, 0) is 19.1 Å². The van der Waals surface area contributed by atoms with E-state index in [0.717, 1.165) is 23.6 Å². The van der Waals surface area contributed by atoms with Gasteiger partial charge in [-0.15, -0.1) is 0 Å². The first-order valence-corrected chi connectivity index (χ1v) is 9.18. The number of aryl methyl sites for hydroxylation is 1. The normalized spacial score (nSPS) is 11.2. The predicted molar refractivity (Wildman–Crippen MR) is 97.9 cm³/mol. The van der Waals surface area contributed by atoms with Crippen molar-refractivity contribution in [2.45, 2.75) is 11.8 Å². The van der Waals surface area contributed by atoms with Gasteiger partial charge in [-0.25, -0.2) is 18.1 Å². The summed E-state index contributed by atoms with van der Waals surface area (Å²) in [6.07, 6.45) is 0. The average molecular weight is 380 g/mol. The number of sulfonamides is 1. The lowest BCUT2D eigenvalue weighted by Gasteiger charge is -2.14. The van der Waals surface area contributed by atoms with Crippen molar-refractivity contribution in [3.63, 3.8) is 0 Å². The molecular formula is C15H20N6O4S. The van der Waals surface area contributed by atoms with Gasteiger partial charge < -0.3 is 10.2 Å². The van der Waals surface area contributed by atoms with Gasteiger partial charge in [0, 0.05) is 51.1 Å². The van der Waals surface area contributed by atoms with Crippen LogP contribution in [-0.4, -0.2) is 50.5 Å². The van der Waals surface area contributed by atoms with Gasteiger partial charge in [-0.2, -0.15) is 4.98 Å². The van der Waals surface area contributed by atoms with Gasteiger partial charge >= 0.3 is 0 Å². The Hall–Kier alpha value is -2.79. The van der Waals surface area contributed by atoms with Crippen molar-refractivity contribution in [2.75, 3.05) is 37.4 Å². The van der Waals surface area contributed by atoms with Gasteiger partial charge in [0.25, 0.3) is 5.69 Å². The van der Waals surface area contributed by atoms with E-state index in [4.69, 9.17) is 0 Å². The number of hydrogen-bond acceptors (Lipinski definition) is 8. The molecule has 26 heavy (non-hydrogen) atoms. The molecule has 0 spiro atoms. The molecule has 0 saturated heterocycles. The summed E-state index contributed by atoms with van der Waals surface area (Å²) < 4.78 is 26.8. The topological polar surface area (TPSA) is 130 Å². The standard InChI is InChI=1S/C15H20N6O4S/c1-11-10-14(20(2)3)19-15(18-11)16-8-9-17-26(24,25)13-6-4-12(5-7-13)21(22)23/h4-7,10,17H,8-9H2,1-3H3,(H,16,18,19). The molecule has 0 amide bonds. The fraction of sp³-hybridized carbons (Fsp3) is 0.333. The summed E-state index contributed by atoms with van der Waals surface area (Å²) >= 11 is 0. The summed E-state index contributed by atoms with van der Waals surface area (Å²) in [6.45, 7) is 2.23. The number of benzene rings is 1. The van der Waals surface area contributed by atoms with E-state index in [2.05, 4.69) is 20.0 Å². The summed E-state index contributed by atoms with van der Waals surface area (Å²) in [5.41, 5.74) is 0.622. The Balaban J connectivity index is 1.93. The monoisotopic (exact) mass is 380 g/mol. The first kappa shape index (κ1) is 19.5. The highest BCUT2D eigenvalue weighted by molar-refractivity contribution is 7.89. The average Bonchev–Trinajstić information content (AvgIpc) is 2.58. The highest BCUT2D eigenvalue weighted by Gasteiger charge is 2.15. The van der Waals surface area contributed by atoms with Crippen LogP contribution in [0.1, 0.15) is 5.69 Å². The third kappa shape index (κ3) is 5.10. The largest absolute Gasteiger partial charge is 0.363 e. The van der Waals surface area contributed by atoms with E-state index >= 15 is 0 Å². The number of nitrogens with zero attached hydrogens (tertiary/aromatic N) is 4. The Kier molecular flexibility index (Phi) is 6.05. The van der Waals surface area contributed by atoms with Crippen LogP contribution < -0.4 is 14.9 Å². The zero-order chi connectivity index (χ0) is 19.3. The third-order valence-corrected chi connectivity index (χ3v) is 4.83. The number of anilines is 2. The van der Waals surface area contributed by atoms with Crippen molar-refractivity contribution in [3.05, 3.63) is 46.1 Å². The Morgan fingerprint density at radius 3 is 2.38 bits per heavy atom. The zero-order valence-electron chi connectivity index (χ0n) is 14.6. The molecular weight excluding hydrogens is 360 g/mol. The molecule has 2 rings (SSSR count). The number of nitro benzene ring substituents is 1. The van der Waals surface area contributed by atoms with Crippen LogP contribution in [0.3, 0.4) is 0 Å². The molecule has 1 heterocycles. The van der Waals surface area contributed by atoms with Crippen LogP contribution in [0.4, 0.5) is 17.5 Å². The molecule has 0 radical (unpaired) electrons. The quantitative estimate of drug-likeness (QED) is 0.396. The Morgan fingerprint density at radius 2 is 1.81 bits per heavy atom. The van der Waals surface area contributed by atoms with Gasteiger partial charge in [0.2, 0.25) is 16.0 Å². The number of nitrogens with one attached hydrogen (secondary N) is 2. The Bertz CT molecular complexity index is 884. The minimum atomic E-state index is -3.75. The lowest BCUT2D eigenvalue weighted by molar-refractivity contribution is -0.384. The first-order valence-electron chi connectivity index (χ1n) is 7.70. The van der Waals surface area contributed by atoms with E-state index in [1.807, 2.05) is 32.0 Å². The van der Waals surface area contributed by atoms with E-state index in [0.29, 0.717) is 5.95 Å². The van der Waals surface area contributed by atoms with Gasteiger partial charge in [0.05, 0.1) is 9.82 Å². The van der Waals surface area contributed by atoms with E-state index in [1.165, 1.54) is 12.1 Å². The molecule has 0 atom stereocenters. The molecule has 0 fully saturated rings. The van der Waals surface area contributed by atoms with Crippen molar-refractivity contribution < 1.29 is 13.3 Å². The second-order valence-electron chi connectivity index (χ2n) is 5.66. The number of nitro groups is 1.